The summed E-state index contributed by atoms with van der Waals surface area (Å²) in [6, 6.07) is 1.80. The number of rotatable bonds is 9. The SMILES string of the molecule is CCCOc1cc(C)nc(NCC(C)CCC(=O)O)n1. The fourth-order valence-electron chi connectivity index (χ4n) is 1.64. The summed E-state index contributed by atoms with van der Waals surface area (Å²) in [6.07, 6.45) is 1.74. The normalized spacial score (nSPS) is 11.9. The molecule has 0 saturated heterocycles. The Kier molecular flexibility index (Phi) is 6.76. The first-order valence-electron chi connectivity index (χ1n) is 6.95. The van der Waals surface area contributed by atoms with Crippen LogP contribution in [0.4, 0.5) is 5.95 Å². The second-order valence-corrected chi connectivity index (χ2v) is 4.94. The molecular weight excluding hydrogens is 258 g/mol. The van der Waals surface area contributed by atoms with Gasteiger partial charge in [0.1, 0.15) is 0 Å². The van der Waals surface area contributed by atoms with Crippen molar-refractivity contribution in [3.63, 3.8) is 0 Å². The number of nitrogens with zero attached hydrogens (tertiary/aromatic N) is 2. The van der Waals surface area contributed by atoms with Gasteiger partial charge in [-0.3, -0.25) is 4.79 Å². The van der Waals surface area contributed by atoms with E-state index in [9.17, 15) is 4.79 Å². The van der Waals surface area contributed by atoms with E-state index < -0.39 is 5.97 Å². The monoisotopic (exact) mass is 281 g/mol. The van der Waals surface area contributed by atoms with E-state index in [0.29, 0.717) is 31.4 Å². The van der Waals surface area contributed by atoms with Crippen molar-refractivity contribution in [3.05, 3.63) is 11.8 Å². The summed E-state index contributed by atoms with van der Waals surface area (Å²) >= 11 is 0. The van der Waals surface area contributed by atoms with Crippen molar-refractivity contribution in [2.24, 2.45) is 5.92 Å². The lowest BCUT2D eigenvalue weighted by Gasteiger charge is -2.12. The van der Waals surface area contributed by atoms with Crippen molar-refractivity contribution in [1.82, 2.24) is 9.97 Å². The van der Waals surface area contributed by atoms with E-state index in [0.717, 1.165) is 12.1 Å². The van der Waals surface area contributed by atoms with Crippen molar-refractivity contribution >= 4 is 11.9 Å². The van der Waals surface area contributed by atoms with Crippen LogP contribution in [-0.2, 0) is 4.79 Å². The zero-order valence-electron chi connectivity index (χ0n) is 12.3. The van der Waals surface area contributed by atoms with Gasteiger partial charge in [-0.2, -0.15) is 4.98 Å². The molecule has 112 valence electrons. The number of hydrogen-bond acceptors (Lipinski definition) is 5. The summed E-state index contributed by atoms with van der Waals surface area (Å²) in [5.41, 5.74) is 0.840. The summed E-state index contributed by atoms with van der Waals surface area (Å²) in [4.78, 5) is 19.1. The van der Waals surface area contributed by atoms with Gasteiger partial charge in [0.05, 0.1) is 6.61 Å². The number of hydrogen-bond donors (Lipinski definition) is 2. The molecule has 0 radical (unpaired) electrons. The van der Waals surface area contributed by atoms with Crippen LogP contribution in [0.2, 0.25) is 0 Å². The maximum absolute atomic E-state index is 10.5. The van der Waals surface area contributed by atoms with E-state index in [-0.39, 0.29) is 12.3 Å². The summed E-state index contributed by atoms with van der Waals surface area (Å²) in [5.74, 6) is 0.576. The van der Waals surface area contributed by atoms with Crippen LogP contribution < -0.4 is 10.1 Å². The Labute approximate surface area is 119 Å². The minimum absolute atomic E-state index is 0.183. The van der Waals surface area contributed by atoms with Gasteiger partial charge in [0.2, 0.25) is 11.8 Å². The third-order valence-electron chi connectivity index (χ3n) is 2.74. The fraction of sp³-hybridized carbons (Fsp3) is 0.643. The molecule has 0 spiro atoms. The molecule has 0 amide bonds. The maximum atomic E-state index is 10.5. The Hall–Kier alpha value is -1.85. The van der Waals surface area contributed by atoms with Crippen LogP contribution in [-0.4, -0.2) is 34.2 Å². The number of carboxylic acids is 1. The van der Waals surface area contributed by atoms with Crippen LogP contribution in [0.15, 0.2) is 6.07 Å². The first-order valence-corrected chi connectivity index (χ1v) is 6.95. The van der Waals surface area contributed by atoms with E-state index in [2.05, 4.69) is 15.3 Å². The van der Waals surface area contributed by atoms with Crippen molar-refractivity contribution in [1.29, 1.82) is 0 Å². The summed E-state index contributed by atoms with van der Waals surface area (Å²) < 4.78 is 5.49. The number of ether oxygens (including phenoxy) is 1. The molecule has 0 aliphatic heterocycles. The lowest BCUT2D eigenvalue weighted by atomic mass is 10.1. The smallest absolute Gasteiger partial charge is 0.303 e. The van der Waals surface area contributed by atoms with Gasteiger partial charge >= 0.3 is 5.97 Å². The average Bonchev–Trinajstić information content (AvgIpc) is 2.40. The van der Waals surface area contributed by atoms with Crippen LogP contribution in [0.3, 0.4) is 0 Å². The van der Waals surface area contributed by atoms with Gasteiger partial charge in [-0.15, -0.1) is 0 Å². The highest BCUT2D eigenvalue weighted by Gasteiger charge is 2.07. The van der Waals surface area contributed by atoms with E-state index in [1.165, 1.54) is 0 Å². The van der Waals surface area contributed by atoms with Crippen LogP contribution in [0.1, 0.15) is 38.8 Å². The maximum Gasteiger partial charge on any atom is 0.303 e. The van der Waals surface area contributed by atoms with Gasteiger partial charge in [0.25, 0.3) is 0 Å². The number of aryl methyl sites for hydroxylation is 1. The predicted octanol–water partition coefficient (Wildman–Crippen LogP) is 2.49. The van der Waals surface area contributed by atoms with Crippen LogP contribution >= 0.6 is 0 Å². The lowest BCUT2D eigenvalue weighted by Crippen LogP contribution is -2.15. The first-order chi connectivity index (χ1) is 9.51. The minimum Gasteiger partial charge on any atom is -0.481 e. The molecule has 1 rings (SSSR count). The molecular formula is C14H23N3O3. The summed E-state index contributed by atoms with van der Waals surface area (Å²) in [7, 11) is 0. The van der Waals surface area contributed by atoms with Gasteiger partial charge in [0, 0.05) is 24.7 Å². The molecule has 1 atom stereocenters. The zero-order chi connectivity index (χ0) is 15.0. The minimum atomic E-state index is -0.765. The molecule has 20 heavy (non-hydrogen) atoms. The third-order valence-corrected chi connectivity index (χ3v) is 2.74. The number of carboxylic acid groups (broad SMARTS) is 1. The van der Waals surface area contributed by atoms with Gasteiger partial charge in [-0.25, -0.2) is 4.98 Å². The van der Waals surface area contributed by atoms with E-state index in [1.54, 1.807) is 6.07 Å². The van der Waals surface area contributed by atoms with Crippen LogP contribution in [0.25, 0.3) is 0 Å². The molecule has 0 aliphatic rings. The molecule has 0 fully saturated rings. The third kappa shape index (κ3) is 6.36. The number of aromatic nitrogens is 2. The highest BCUT2D eigenvalue weighted by Crippen LogP contribution is 2.13. The summed E-state index contributed by atoms with van der Waals surface area (Å²) in [5, 5.41) is 11.8. The molecule has 2 N–H and O–H groups in total. The largest absolute Gasteiger partial charge is 0.481 e. The number of anilines is 1. The Bertz CT molecular complexity index is 438. The molecule has 0 aliphatic carbocycles. The molecule has 0 bridgehead atoms. The Balaban J connectivity index is 2.50. The molecule has 1 aromatic rings. The predicted molar refractivity (Wildman–Crippen MR) is 77.1 cm³/mol. The van der Waals surface area contributed by atoms with Crippen molar-refractivity contribution in [2.45, 2.75) is 40.0 Å². The second-order valence-electron chi connectivity index (χ2n) is 4.94. The van der Waals surface area contributed by atoms with Crippen molar-refractivity contribution in [3.8, 4) is 5.88 Å². The Morgan fingerprint density at radius 3 is 2.90 bits per heavy atom. The van der Waals surface area contributed by atoms with E-state index in [1.807, 2.05) is 20.8 Å². The molecule has 1 aromatic heterocycles. The number of carbonyl (C=O) groups is 1. The first kappa shape index (κ1) is 16.2. The molecule has 6 heteroatoms. The number of aliphatic carboxylic acids is 1. The van der Waals surface area contributed by atoms with Crippen molar-refractivity contribution in [2.75, 3.05) is 18.5 Å². The van der Waals surface area contributed by atoms with E-state index in [4.69, 9.17) is 9.84 Å². The molecule has 6 nitrogen and oxygen atoms in total. The average molecular weight is 281 g/mol. The van der Waals surface area contributed by atoms with E-state index >= 15 is 0 Å². The van der Waals surface area contributed by atoms with Crippen LogP contribution in [0, 0.1) is 12.8 Å². The van der Waals surface area contributed by atoms with Gasteiger partial charge in [0.15, 0.2) is 0 Å². The second kappa shape index (κ2) is 8.35. The van der Waals surface area contributed by atoms with Crippen LogP contribution in [0.5, 0.6) is 5.88 Å². The summed E-state index contributed by atoms with van der Waals surface area (Å²) in [6.45, 7) is 7.20. The zero-order valence-corrected chi connectivity index (χ0v) is 12.3. The topological polar surface area (TPSA) is 84.3 Å². The molecule has 0 saturated carbocycles. The molecule has 1 unspecified atom stereocenters. The fourth-order valence-corrected chi connectivity index (χ4v) is 1.64. The Morgan fingerprint density at radius 1 is 1.50 bits per heavy atom. The van der Waals surface area contributed by atoms with Gasteiger partial charge < -0.3 is 15.2 Å². The Morgan fingerprint density at radius 2 is 2.25 bits per heavy atom. The van der Waals surface area contributed by atoms with Gasteiger partial charge in [-0.05, 0) is 25.7 Å². The molecule has 1 heterocycles. The highest BCUT2D eigenvalue weighted by atomic mass is 16.5. The highest BCUT2D eigenvalue weighted by molar-refractivity contribution is 5.66. The number of nitrogens with one attached hydrogen (secondary N) is 1. The lowest BCUT2D eigenvalue weighted by molar-refractivity contribution is -0.137. The molecule has 0 aromatic carbocycles. The van der Waals surface area contributed by atoms with Crippen molar-refractivity contribution < 1.29 is 14.6 Å². The quantitative estimate of drug-likeness (QED) is 0.723. The van der Waals surface area contributed by atoms with Gasteiger partial charge in [-0.1, -0.05) is 13.8 Å². The standard InChI is InChI=1S/C14H23N3O3/c1-4-7-20-12-8-11(3)16-14(17-12)15-9-10(2)5-6-13(18)19/h8,10H,4-7,9H2,1-3H3,(H,18,19)(H,15,16,17).